The number of methoxy groups -OCH3 is 1. The largest absolute Gasteiger partial charge is 0.496 e. The number of aromatic nitrogens is 4. The third-order valence-corrected chi connectivity index (χ3v) is 5.53. The summed E-state index contributed by atoms with van der Waals surface area (Å²) in [4.78, 5) is 0. The normalized spacial score (nSPS) is 18.0. The number of nitrogens with one attached hydrogen (secondary N) is 2. The van der Waals surface area contributed by atoms with Crippen LogP contribution in [-0.2, 0) is 13.0 Å². The minimum absolute atomic E-state index is 0. The van der Waals surface area contributed by atoms with Gasteiger partial charge in [0.05, 0.1) is 12.8 Å². The van der Waals surface area contributed by atoms with Crippen molar-refractivity contribution in [2.75, 3.05) is 13.7 Å². The molecule has 0 saturated carbocycles. The molecule has 0 bridgehead atoms. The number of hydrogen-bond acceptors (Lipinski definition) is 6. The van der Waals surface area contributed by atoms with E-state index in [0.29, 0.717) is 12.1 Å². The van der Waals surface area contributed by atoms with Gasteiger partial charge in [0.1, 0.15) is 5.75 Å². The second kappa shape index (κ2) is 12.0. The van der Waals surface area contributed by atoms with Gasteiger partial charge in [-0.05, 0) is 53.6 Å². The highest BCUT2D eigenvalue weighted by Gasteiger charge is 2.25. The molecule has 1 fully saturated rings. The Morgan fingerprint density at radius 3 is 2.71 bits per heavy atom. The molecule has 1 aromatic heterocycles. The van der Waals surface area contributed by atoms with Crippen molar-refractivity contribution in [3.8, 4) is 11.4 Å². The molecule has 3 aromatic rings. The first-order valence-electron chi connectivity index (χ1n) is 10.3. The van der Waals surface area contributed by atoms with Crippen LogP contribution >= 0.6 is 24.8 Å². The molecule has 1 aliphatic heterocycles. The van der Waals surface area contributed by atoms with E-state index in [-0.39, 0.29) is 24.8 Å². The lowest BCUT2D eigenvalue weighted by Gasteiger charge is -2.34. The van der Waals surface area contributed by atoms with Crippen LogP contribution in [0.3, 0.4) is 0 Å². The van der Waals surface area contributed by atoms with E-state index in [9.17, 15) is 0 Å². The molecule has 31 heavy (non-hydrogen) atoms. The third kappa shape index (κ3) is 5.74. The average Bonchev–Trinajstić information content (AvgIpc) is 3.27. The van der Waals surface area contributed by atoms with Crippen molar-refractivity contribution in [2.24, 2.45) is 0 Å². The number of tetrazole rings is 1. The number of nitrogens with zero attached hydrogens (tertiary/aromatic N) is 4. The second-order valence-corrected chi connectivity index (χ2v) is 7.33. The fourth-order valence-corrected chi connectivity index (χ4v) is 4.02. The van der Waals surface area contributed by atoms with E-state index in [2.05, 4.69) is 62.6 Å². The number of benzene rings is 2. The molecule has 9 heteroatoms. The van der Waals surface area contributed by atoms with E-state index in [4.69, 9.17) is 4.74 Å². The van der Waals surface area contributed by atoms with Crippen molar-refractivity contribution in [2.45, 2.75) is 44.8 Å². The summed E-state index contributed by atoms with van der Waals surface area (Å²) in [6.07, 6.45) is 3.09. The first kappa shape index (κ1) is 25.1. The molecule has 4 rings (SSSR count). The van der Waals surface area contributed by atoms with Crippen molar-refractivity contribution in [3.63, 3.8) is 0 Å². The van der Waals surface area contributed by atoms with Gasteiger partial charge < -0.3 is 15.4 Å². The van der Waals surface area contributed by atoms with Gasteiger partial charge in [0.15, 0.2) is 5.82 Å². The van der Waals surface area contributed by atoms with Crippen LogP contribution in [0.25, 0.3) is 5.69 Å². The number of aryl methyl sites for hydroxylation is 1. The van der Waals surface area contributed by atoms with E-state index in [1.165, 1.54) is 12.0 Å². The van der Waals surface area contributed by atoms with E-state index < -0.39 is 0 Å². The lowest BCUT2D eigenvalue weighted by Crippen LogP contribution is -2.45. The van der Waals surface area contributed by atoms with Crippen molar-refractivity contribution < 1.29 is 4.74 Å². The zero-order valence-corrected chi connectivity index (χ0v) is 19.5. The molecule has 2 heterocycles. The second-order valence-electron chi connectivity index (χ2n) is 7.33. The molecule has 2 aromatic carbocycles. The molecule has 168 valence electrons. The monoisotopic (exact) mass is 464 g/mol. The lowest BCUT2D eigenvalue weighted by molar-refractivity contribution is 0.303. The quantitative estimate of drug-likeness (QED) is 0.555. The summed E-state index contributed by atoms with van der Waals surface area (Å²) < 4.78 is 7.40. The van der Waals surface area contributed by atoms with Crippen LogP contribution in [0.5, 0.6) is 5.75 Å². The molecular weight excluding hydrogens is 435 g/mol. The molecule has 1 aliphatic rings. The Morgan fingerprint density at radius 2 is 1.97 bits per heavy atom. The van der Waals surface area contributed by atoms with Crippen molar-refractivity contribution in [1.82, 2.24) is 30.8 Å². The van der Waals surface area contributed by atoms with Crippen LogP contribution in [0.2, 0.25) is 0 Å². The number of piperidine rings is 1. The molecule has 2 N–H and O–H groups in total. The maximum Gasteiger partial charge on any atom is 0.156 e. The molecule has 1 saturated heterocycles. The predicted octanol–water partition coefficient (Wildman–Crippen LogP) is 3.66. The summed E-state index contributed by atoms with van der Waals surface area (Å²) in [6, 6.07) is 17.4. The van der Waals surface area contributed by atoms with Gasteiger partial charge in [-0.3, -0.25) is 0 Å². The zero-order valence-electron chi connectivity index (χ0n) is 17.8. The Kier molecular flexibility index (Phi) is 9.71. The van der Waals surface area contributed by atoms with Crippen molar-refractivity contribution >= 4 is 24.8 Å². The number of hydrogen-bond donors (Lipinski definition) is 2. The van der Waals surface area contributed by atoms with Crippen LogP contribution in [-0.4, -0.2) is 39.9 Å². The Labute approximate surface area is 195 Å². The number of rotatable bonds is 7. The number of halogens is 2. The standard InChI is InChI=1S/C22H28N6O.2ClH/c1-3-21-25-26-27-28(21)18-11-12-20(29-2)17(14-18)15-24-19-10-7-13-23-22(19)16-8-5-4-6-9-16;;/h4-6,8-9,11-12,14,19,22-24H,3,7,10,13,15H2,1-2H3;2*1H. The number of ether oxygens (including phenoxy) is 1. The SMILES string of the molecule is CCc1nnnn1-c1ccc(OC)c(CNC2CCCNC2c2ccccc2)c1.Cl.Cl. The van der Waals surface area contributed by atoms with Gasteiger partial charge in [-0.15, -0.1) is 29.9 Å². The van der Waals surface area contributed by atoms with E-state index >= 15 is 0 Å². The van der Waals surface area contributed by atoms with Gasteiger partial charge in [0, 0.05) is 30.6 Å². The van der Waals surface area contributed by atoms with E-state index in [0.717, 1.165) is 48.8 Å². The Balaban J connectivity index is 0.00000171. The van der Waals surface area contributed by atoms with Crippen molar-refractivity contribution in [3.05, 3.63) is 65.5 Å². The molecule has 0 amide bonds. The Hall–Kier alpha value is -2.19. The summed E-state index contributed by atoms with van der Waals surface area (Å²) in [5.74, 6) is 1.71. The minimum atomic E-state index is 0. The first-order valence-corrected chi connectivity index (χ1v) is 10.3. The van der Waals surface area contributed by atoms with Crippen LogP contribution in [0.1, 0.15) is 42.8 Å². The summed E-state index contributed by atoms with van der Waals surface area (Å²) in [6.45, 7) is 3.82. The first-order chi connectivity index (χ1) is 14.3. The van der Waals surface area contributed by atoms with Gasteiger partial charge >= 0.3 is 0 Å². The summed E-state index contributed by atoms with van der Waals surface area (Å²) in [5.41, 5.74) is 3.37. The molecule has 2 unspecified atom stereocenters. The van der Waals surface area contributed by atoms with E-state index in [1.807, 2.05) is 19.1 Å². The smallest absolute Gasteiger partial charge is 0.156 e. The summed E-state index contributed by atoms with van der Waals surface area (Å²) in [7, 11) is 1.71. The van der Waals surface area contributed by atoms with Crippen molar-refractivity contribution in [1.29, 1.82) is 0 Å². The van der Waals surface area contributed by atoms with Gasteiger partial charge in [-0.25, -0.2) is 0 Å². The highest BCUT2D eigenvalue weighted by Crippen LogP contribution is 2.26. The molecule has 7 nitrogen and oxygen atoms in total. The summed E-state index contributed by atoms with van der Waals surface area (Å²) >= 11 is 0. The predicted molar refractivity (Wildman–Crippen MR) is 127 cm³/mol. The molecule has 2 atom stereocenters. The van der Waals surface area contributed by atoms with Crippen LogP contribution < -0.4 is 15.4 Å². The third-order valence-electron chi connectivity index (χ3n) is 5.53. The Morgan fingerprint density at radius 1 is 1.16 bits per heavy atom. The van der Waals surface area contributed by atoms with Gasteiger partial charge in [0.25, 0.3) is 0 Å². The molecular formula is C22H30Cl2N6O. The Bertz CT molecular complexity index is 937. The maximum atomic E-state index is 5.61. The highest BCUT2D eigenvalue weighted by atomic mass is 35.5. The average molecular weight is 465 g/mol. The molecule has 0 radical (unpaired) electrons. The van der Waals surface area contributed by atoms with Gasteiger partial charge in [0.2, 0.25) is 0 Å². The fourth-order valence-electron chi connectivity index (χ4n) is 4.02. The van der Waals surface area contributed by atoms with Crippen LogP contribution in [0.4, 0.5) is 0 Å². The van der Waals surface area contributed by atoms with Gasteiger partial charge in [-0.2, -0.15) is 4.68 Å². The fraction of sp³-hybridized carbons (Fsp3) is 0.409. The minimum Gasteiger partial charge on any atom is -0.496 e. The zero-order chi connectivity index (χ0) is 20.1. The highest BCUT2D eigenvalue weighted by molar-refractivity contribution is 5.85. The summed E-state index contributed by atoms with van der Waals surface area (Å²) in [5, 5.41) is 19.5. The van der Waals surface area contributed by atoms with Crippen LogP contribution in [0, 0.1) is 0 Å². The lowest BCUT2D eigenvalue weighted by atomic mass is 9.92. The molecule has 0 aliphatic carbocycles. The maximum absolute atomic E-state index is 5.61. The topological polar surface area (TPSA) is 76.9 Å². The van der Waals surface area contributed by atoms with E-state index in [1.54, 1.807) is 11.8 Å². The van der Waals surface area contributed by atoms with Crippen LogP contribution in [0.15, 0.2) is 48.5 Å². The molecule has 0 spiro atoms. The van der Waals surface area contributed by atoms with Gasteiger partial charge in [-0.1, -0.05) is 37.3 Å².